The second kappa shape index (κ2) is 7.68. The summed E-state index contributed by atoms with van der Waals surface area (Å²) in [6.45, 7) is 5.99. The zero-order valence-electron chi connectivity index (χ0n) is 15.9. The number of carbonyl (C=O) groups excluding carboxylic acids is 2. The third-order valence-electron chi connectivity index (χ3n) is 4.98. The summed E-state index contributed by atoms with van der Waals surface area (Å²) < 4.78 is 10.7. The van der Waals surface area contributed by atoms with Crippen molar-refractivity contribution in [3.05, 3.63) is 11.8 Å². The Kier molecular flexibility index (Phi) is 5.53. The van der Waals surface area contributed by atoms with Gasteiger partial charge in [0.2, 0.25) is 11.8 Å². The van der Waals surface area contributed by atoms with Crippen LogP contribution in [0.5, 0.6) is 0 Å². The molecule has 2 amide bonds. The van der Waals surface area contributed by atoms with E-state index in [9.17, 15) is 9.59 Å². The van der Waals surface area contributed by atoms with Gasteiger partial charge in [-0.2, -0.15) is 0 Å². The predicted molar refractivity (Wildman–Crippen MR) is 96.9 cm³/mol. The molecule has 2 fully saturated rings. The van der Waals surface area contributed by atoms with Crippen LogP contribution in [0.4, 0.5) is 10.7 Å². The molecule has 1 aromatic rings. The Morgan fingerprint density at radius 2 is 1.88 bits per heavy atom. The number of amides is 2. The summed E-state index contributed by atoms with van der Waals surface area (Å²) in [5, 5.41) is 6.89. The molecule has 1 aliphatic carbocycles. The van der Waals surface area contributed by atoms with Crippen molar-refractivity contribution in [1.29, 1.82) is 0 Å². The van der Waals surface area contributed by atoms with Gasteiger partial charge in [-0.1, -0.05) is 18.0 Å². The smallest absolute Gasteiger partial charge is 0.410 e. The van der Waals surface area contributed by atoms with Crippen molar-refractivity contribution >= 4 is 17.9 Å². The number of hydrogen-bond acceptors (Lipinski definition) is 5. The summed E-state index contributed by atoms with van der Waals surface area (Å²) in [4.78, 5) is 26.7. The first-order valence-corrected chi connectivity index (χ1v) is 9.60. The summed E-state index contributed by atoms with van der Waals surface area (Å²) in [7, 11) is 0. The maximum Gasteiger partial charge on any atom is 0.410 e. The van der Waals surface area contributed by atoms with Gasteiger partial charge in [0.1, 0.15) is 11.6 Å². The standard InChI is InChI=1S/C19H29N3O4/c1-19(2,3)25-18(24)22-11-7-6-10-15(22)17(23)20-16-12-14(21-26-16)13-8-4-5-9-13/h12-13,15H,4-11H2,1-3H3,(H,20,23). The molecule has 1 saturated carbocycles. The first-order valence-electron chi connectivity index (χ1n) is 9.60. The molecule has 144 valence electrons. The number of anilines is 1. The zero-order valence-corrected chi connectivity index (χ0v) is 15.9. The Balaban J connectivity index is 1.64. The number of carbonyl (C=O) groups is 2. The number of likely N-dealkylation sites (tertiary alicyclic amines) is 1. The summed E-state index contributed by atoms with van der Waals surface area (Å²) in [5.74, 6) is 0.536. The SMILES string of the molecule is CC(C)(C)OC(=O)N1CCCCC1C(=O)Nc1cc(C2CCCC2)no1. The molecule has 7 heteroatoms. The van der Waals surface area contributed by atoms with E-state index in [1.807, 2.05) is 26.8 Å². The zero-order chi connectivity index (χ0) is 18.7. The van der Waals surface area contributed by atoms with E-state index in [2.05, 4.69) is 10.5 Å². The topological polar surface area (TPSA) is 84.7 Å². The van der Waals surface area contributed by atoms with Crippen LogP contribution in [0, 0.1) is 0 Å². The van der Waals surface area contributed by atoms with Crippen molar-refractivity contribution < 1.29 is 18.8 Å². The molecule has 1 aromatic heterocycles. The number of nitrogens with one attached hydrogen (secondary N) is 1. The molecule has 26 heavy (non-hydrogen) atoms. The molecule has 0 bridgehead atoms. The van der Waals surface area contributed by atoms with Crippen molar-refractivity contribution in [3.63, 3.8) is 0 Å². The Morgan fingerprint density at radius 1 is 1.19 bits per heavy atom. The Bertz CT molecular complexity index is 643. The van der Waals surface area contributed by atoms with Crippen LogP contribution in [0.2, 0.25) is 0 Å². The summed E-state index contributed by atoms with van der Waals surface area (Å²) >= 11 is 0. The molecule has 3 rings (SSSR count). The van der Waals surface area contributed by atoms with Gasteiger partial charge in [-0.15, -0.1) is 0 Å². The van der Waals surface area contributed by atoms with Crippen LogP contribution in [0.25, 0.3) is 0 Å². The van der Waals surface area contributed by atoms with E-state index in [0.717, 1.165) is 31.4 Å². The van der Waals surface area contributed by atoms with Gasteiger partial charge in [-0.05, 0) is 52.9 Å². The Morgan fingerprint density at radius 3 is 2.58 bits per heavy atom. The lowest BCUT2D eigenvalue weighted by Gasteiger charge is -2.35. The van der Waals surface area contributed by atoms with Gasteiger partial charge < -0.3 is 9.26 Å². The van der Waals surface area contributed by atoms with E-state index in [-0.39, 0.29) is 5.91 Å². The number of hydrogen-bond donors (Lipinski definition) is 1. The minimum Gasteiger partial charge on any atom is -0.444 e. The first kappa shape index (κ1) is 18.7. The first-order chi connectivity index (χ1) is 12.3. The van der Waals surface area contributed by atoms with Crippen molar-refractivity contribution in [2.24, 2.45) is 0 Å². The number of nitrogens with zero attached hydrogens (tertiary/aromatic N) is 2. The highest BCUT2D eigenvalue weighted by atomic mass is 16.6. The van der Waals surface area contributed by atoms with E-state index in [4.69, 9.17) is 9.26 Å². The van der Waals surface area contributed by atoms with Crippen LogP contribution >= 0.6 is 0 Å². The molecule has 1 saturated heterocycles. The van der Waals surface area contributed by atoms with Crippen LogP contribution in [-0.2, 0) is 9.53 Å². The predicted octanol–water partition coefficient (Wildman–Crippen LogP) is 4.06. The average Bonchev–Trinajstić information content (AvgIpc) is 3.24. The Hall–Kier alpha value is -2.05. The highest BCUT2D eigenvalue weighted by molar-refractivity contribution is 5.95. The van der Waals surface area contributed by atoms with Gasteiger partial charge >= 0.3 is 6.09 Å². The van der Waals surface area contributed by atoms with Crippen LogP contribution in [0.1, 0.15) is 77.3 Å². The normalized spacial score (nSPS) is 21.7. The van der Waals surface area contributed by atoms with Crippen LogP contribution in [0.15, 0.2) is 10.6 Å². The van der Waals surface area contributed by atoms with Gasteiger partial charge in [0.05, 0.1) is 5.69 Å². The van der Waals surface area contributed by atoms with E-state index in [1.165, 1.54) is 17.7 Å². The second-order valence-electron chi connectivity index (χ2n) is 8.27. The molecule has 1 N–H and O–H groups in total. The molecule has 7 nitrogen and oxygen atoms in total. The molecule has 0 aromatic carbocycles. The largest absolute Gasteiger partial charge is 0.444 e. The molecule has 1 unspecified atom stereocenters. The van der Waals surface area contributed by atoms with E-state index in [0.29, 0.717) is 24.8 Å². The number of aromatic nitrogens is 1. The van der Waals surface area contributed by atoms with Crippen molar-refractivity contribution in [2.75, 3.05) is 11.9 Å². The van der Waals surface area contributed by atoms with Crippen LogP contribution in [0.3, 0.4) is 0 Å². The summed E-state index contributed by atoms with van der Waals surface area (Å²) in [6.07, 6.45) is 6.62. The summed E-state index contributed by atoms with van der Waals surface area (Å²) in [5.41, 5.74) is 0.321. The van der Waals surface area contributed by atoms with Gasteiger partial charge in [0.25, 0.3) is 0 Å². The fourth-order valence-electron chi connectivity index (χ4n) is 3.71. The maximum absolute atomic E-state index is 12.7. The van der Waals surface area contributed by atoms with Gasteiger partial charge in [-0.3, -0.25) is 15.0 Å². The third-order valence-corrected chi connectivity index (χ3v) is 4.98. The fraction of sp³-hybridized carbons (Fsp3) is 0.737. The molecule has 0 spiro atoms. The monoisotopic (exact) mass is 363 g/mol. The lowest BCUT2D eigenvalue weighted by molar-refractivity contribution is -0.122. The number of ether oxygens (including phenoxy) is 1. The maximum atomic E-state index is 12.7. The van der Waals surface area contributed by atoms with Crippen molar-refractivity contribution in [3.8, 4) is 0 Å². The van der Waals surface area contributed by atoms with E-state index >= 15 is 0 Å². The molecule has 1 atom stereocenters. The van der Waals surface area contributed by atoms with E-state index in [1.54, 1.807) is 0 Å². The van der Waals surface area contributed by atoms with Crippen LogP contribution in [-0.4, -0.2) is 40.2 Å². The van der Waals surface area contributed by atoms with E-state index < -0.39 is 17.7 Å². The van der Waals surface area contributed by atoms with Gasteiger partial charge in [-0.25, -0.2) is 4.79 Å². The van der Waals surface area contributed by atoms with Crippen LogP contribution < -0.4 is 5.32 Å². The molecule has 2 heterocycles. The second-order valence-corrected chi connectivity index (χ2v) is 8.27. The minimum absolute atomic E-state index is 0.246. The van der Waals surface area contributed by atoms with Gasteiger partial charge in [0.15, 0.2) is 0 Å². The van der Waals surface area contributed by atoms with Crippen molar-refractivity contribution in [2.45, 2.75) is 83.3 Å². The minimum atomic E-state index is -0.587. The molecular weight excluding hydrogens is 334 g/mol. The molecular formula is C19H29N3O4. The third kappa shape index (κ3) is 4.56. The van der Waals surface area contributed by atoms with Gasteiger partial charge in [0, 0.05) is 18.5 Å². The molecule has 1 aliphatic heterocycles. The fourth-order valence-corrected chi connectivity index (χ4v) is 3.71. The highest BCUT2D eigenvalue weighted by Crippen LogP contribution is 2.34. The Labute approximate surface area is 154 Å². The molecule has 0 radical (unpaired) electrons. The quantitative estimate of drug-likeness (QED) is 0.875. The van der Waals surface area contributed by atoms with Crippen molar-refractivity contribution in [1.82, 2.24) is 10.1 Å². The lowest BCUT2D eigenvalue weighted by Crippen LogP contribution is -2.51. The summed E-state index contributed by atoms with van der Waals surface area (Å²) in [6, 6.07) is 1.27. The number of piperidine rings is 1. The molecule has 2 aliphatic rings. The lowest BCUT2D eigenvalue weighted by atomic mass is 10.0. The highest BCUT2D eigenvalue weighted by Gasteiger charge is 2.35. The number of rotatable bonds is 3. The average molecular weight is 363 g/mol.